The molecular weight excluding hydrogens is 529 g/mol. The second kappa shape index (κ2) is 11.0. The molecule has 1 amide bonds. The molecule has 0 spiro atoms. The average molecular weight is 552 g/mol. The number of halogens is 2. The molecule has 188 valence electrons. The van der Waals surface area contributed by atoms with Crippen LogP contribution in [0, 0.1) is 11.3 Å². The number of methoxy groups -OCH3 is 1. The third-order valence-electron chi connectivity index (χ3n) is 6.38. The Morgan fingerprint density at radius 2 is 1.78 bits per heavy atom. The number of amides is 1. The van der Waals surface area contributed by atoms with Gasteiger partial charge in [-0.2, -0.15) is 5.26 Å². The van der Waals surface area contributed by atoms with Crippen LogP contribution < -0.4 is 14.4 Å². The van der Waals surface area contributed by atoms with Crippen LogP contribution >= 0.6 is 35.0 Å². The van der Waals surface area contributed by atoms with Gasteiger partial charge in [0, 0.05) is 22.4 Å². The topological polar surface area (TPSA) is 65.8 Å². The van der Waals surface area contributed by atoms with Crippen molar-refractivity contribution in [2.24, 2.45) is 0 Å². The minimum atomic E-state index is -0.297. The molecule has 5 rings (SSSR count). The first kappa shape index (κ1) is 25.3. The first-order chi connectivity index (χ1) is 18.0. The minimum Gasteiger partial charge on any atom is -0.495 e. The van der Waals surface area contributed by atoms with Crippen molar-refractivity contribution < 1.29 is 14.3 Å². The molecule has 0 saturated carbocycles. The highest BCUT2D eigenvalue weighted by Gasteiger charge is 2.38. The molecule has 1 atom stereocenters. The van der Waals surface area contributed by atoms with E-state index in [0.29, 0.717) is 51.3 Å². The quantitative estimate of drug-likeness (QED) is 0.335. The van der Waals surface area contributed by atoms with Crippen molar-refractivity contribution >= 4 is 46.6 Å². The Labute approximate surface area is 230 Å². The van der Waals surface area contributed by atoms with Crippen molar-refractivity contribution in [2.45, 2.75) is 18.9 Å². The average Bonchev–Trinajstić information content (AvgIpc) is 2.93. The number of nitriles is 1. The summed E-state index contributed by atoms with van der Waals surface area (Å²) in [6.07, 6.45) is 0.221. The Bertz CT molecular complexity index is 1390. The number of hydrogen-bond donors (Lipinski definition) is 0. The number of ether oxygens (including phenoxy) is 2. The van der Waals surface area contributed by atoms with Crippen molar-refractivity contribution in [3.05, 3.63) is 98.5 Å². The lowest BCUT2D eigenvalue weighted by atomic mass is 9.86. The molecule has 0 bridgehead atoms. The molecule has 0 aromatic heterocycles. The van der Waals surface area contributed by atoms with Gasteiger partial charge in [0.05, 0.1) is 42.0 Å². The van der Waals surface area contributed by atoms with Gasteiger partial charge in [-0.3, -0.25) is 9.69 Å². The molecule has 0 N–H and O–H groups in total. The van der Waals surface area contributed by atoms with Gasteiger partial charge in [0.1, 0.15) is 18.1 Å². The van der Waals surface area contributed by atoms with Crippen LogP contribution in [0.15, 0.2) is 77.3 Å². The molecule has 1 fully saturated rings. The van der Waals surface area contributed by atoms with E-state index in [1.54, 1.807) is 18.1 Å². The molecule has 2 aliphatic rings. The number of rotatable bonds is 6. The SMILES string of the molecule is COc1ccc(Cl)cc1N1CSC2=C(C#N)[C@@H](c3ccc(OCc4ccc(Cl)cc4)cc3)CC(=O)N2C1. The summed E-state index contributed by atoms with van der Waals surface area (Å²) in [5, 5.41) is 12.1. The molecule has 37 heavy (non-hydrogen) atoms. The third-order valence-corrected chi connectivity index (χ3v) is 8.02. The van der Waals surface area contributed by atoms with E-state index in [9.17, 15) is 10.1 Å². The van der Waals surface area contributed by atoms with Crippen LogP contribution in [0.1, 0.15) is 23.5 Å². The van der Waals surface area contributed by atoms with Crippen LogP contribution in [0.3, 0.4) is 0 Å². The highest BCUT2D eigenvalue weighted by molar-refractivity contribution is 8.03. The summed E-state index contributed by atoms with van der Waals surface area (Å²) in [6.45, 7) is 0.749. The fourth-order valence-corrected chi connectivity index (χ4v) is 5.90. The van der Waals surface area contributed by atoms with Crippen molar-refractivity contribution in [2.75, 3.05) is 24.6 Å². The Morgan fingerprint density at radius 3 is 2.49 bits per heavy atom. The minimum absolute atomic E-state index is 0.0275. The Balaban J connectivity index is 1.33. The predicted molar refractivity (Wildman–Crippen MR) is 147 cm³/mol. The molecule has 0 unspecified atom stereocenters. The molecule has 6 nitrogen and oxygen atoms in total. The zero-order valence-electron chi connectivity index (χ0n) is 20.0. The number of benzene rings is 3. The van der Waals surface area contributed by atoms with Crippen LogP contribution in [-0.2, 0) is 11.4 Å². The normalized spacial score (nSPS) is 17.4. The van der Waals surface area contributed by atoms with Crippen LogP contribution in [0.25, 0.3) is 0 Å². The maximum atomic E-state index is 13.3. The number of allylic oxidation sites excluding steroid dienone is 1. The monoisotopic (exact) mass is 551 g/mol. The van der Waals surface area contributed by atoms with Gasteiger partial charge in [-0.1, -0.05) is 59.2 Å². The molecular formula is C28H23Cl2N3O3S. The zero-order chi connectivity index (χ0) is 25.9. The van der Waals surface area contributed by atoms with E-state index in [-0.39, 0.29) is 18.2 Å². The van der Waals surface area contributed by atoms with Crippen LogP contribution in [0.5, 0.6) is 11.5 Å². The number of anilines is 1. The summed E-state index contributed by atoms with van der Waals surface area (Å²) in [5.74, 6) is 1.63. The predicted octanol–water partition coefficient (Wildman–Crippen LogP) is 6.80. The summed E-state index contributed by atoms with van der Waals surface area (Å²) in [4.78, 5) is 17.0. The lowest BCUT2D eigenvalue weighted by molar-refractivity contribution is -0.129. The number of hydrogen-bond acceptors (Lipinski definition) is 6. The largest absolute Gasteiger partial charge is 0.495 e. The van der Waals surface area contributed by atoms with Crippen LogP contribution in [0.2, 0.25) is 10.0 Å². The molecule has 1 saturated heterocycles. The van der Waals surface area contributed by atoms with Gasteiger partial charge in [-0.05, 0) is 53.6 Å². The van der Waals surface area contributed by atoms with Crippen LogP contribution in [0.4, 0.5) is 5.69 Å². The first-order valence-electron chi connectivity index (χ1n) is 11.6. The van der Waals surface area contributed by atoms with Crippen molar-refractivity contribution in [3.8, 4) is 17.6 Å². The number of thioether (sulfide) groups is 1. The number of nitrogens with zero attached hydrogens (tertiary/aromatic N) is 3. The molecule has 0 radical (unpaired) electrons. The summed E-state index contributed by atoms with van der Waals surface area (Å²) in [7, 11) is 1.60. The van der Waals surface area contributed by atoms with E-state index < -0.39 is 0 Å². The molecule has 9 heteroatoms. The molecule has 3 aromatic rings. The van der Waals surface area contributed by atoms with Crippen molar-refractivity contribution in [1.29, 1.82) is 5.26 Å². The van der Waals surface area contributed by atoms with Crippen LogP contribution in [-0.4, -0.2) is 30.5 Å². The van der Waals surface area contributed by atoms with Crippen molar-refractivity contribution in [1.82, 2.24) is 4.90 Å². The molecule has 2 heterocycles. The van der Waals surface area contributed by atoms with Gasteiger partial charge in [-0.15, -0.1) is 0 Å². The van der Waals surface area contributed by atoms with E-state index in [1.807, 2.05) is 65.6 Å². The fourth-order valence-electron chi connectivity index (χ4n) is 4.45. The highest BCUT2D eigenvalue weighted by atomic mass is 35.5. The van der Waals surface area contributed by atoms with E-state index in [1.165, 1.54) is 11.8 Å². The summed E-state index contributed by atoms with van der Waals surface area (Å²) >= 11 is 13.6. The lowest BCUT2D eigenvalue weighted by Crippen LogP contribution is -2.47. The number of fused-ring (bicyclic) bond motifs is 1. The lowest BCUT2D eigenvalue weighted by Gasteiger charge is -2.42. The standard InChI is InChI=1S/C28H23Cl2N3O3S/c1-35-26-11-8-21(30)12-25(26)32-16-33-27(34)13-23(24(14-31)28(33)37-17-32)19-4-9-22(10-5-19)36-15-18-2-6-20(29)7-3-18/h2-12,23H,13,15-17H2,1H3/t23-/m1/s1. The van der Waals surface area contributed by atoms with E-state index in [0.717, 1.165) is 16.8 Å². The van der Waals surface area contributed by atoms with Crippen molar-refractivity contribution in [3.63, 3.8) is 0 Å². The van der Waals surface area contributed by atoms with Gasteiger partial charge in [-0.25, -0.2) is 0 Å². The molecule has 3 aromatic carbocycles. The van der Waals surface area contributed by atoms with Gasteiger partial charge < -0.3 is 14.4 Å². The third kappa shape index (κ3) is 5.37. The summed E-state index contributed by atoms with van der Waals surface area (Å²) in [5.41, 5.74) is 3.35. The number of carbonyl (C=O) groups excluding carboxylic acids is 1. The maximum absolute atomic E-state index is 13.3. The molecule has 0 aliphatic carbocycles. The van der Waals surface area contributed by atoms with Gasteiger partial charge >= 0.3 is 0 Å². The summed E-state index contributed by atoms with van der Waals surface area (Å²) in [6, 6.07) is 22.9. The Morgan fingerprint density at radius 1 is 1.05 bits per heavy atom. The maximum Gasteiger partial charge on any atom is 0.229 e. The zero-order valence-corrected chi connectivity index (χ0v) is 22.3. The first-order valence-corrected chi connectivity index (χ1v) is 13.3. The smallest absolute Gasteiger partial charge is 0.229 e. The second-order valence-electron chi connectivity index (χ2n) is 8.66. The van der Waals surface area contributed by atoms with Gasteiger partial charge in [0.15, 0.2) is 0 Å². The Hall–Kier alpha value is -3.31. The highest BCUT2D eigenvalue weighted by Crippen LogP contribution is 2.44. The number of carbonyl (C=O) groups is 1. The van der Waals surface area contributed by atoms with E-state index in [2.05, 4.69) is 6.07 Å². The fraction of sp³-hybridized carbons (Fsp3) is 0.214. The van der Waals surface area contributed by atoms with E-state index in [4.69, 9.17) is 32.7 Å². The Kier molecular flexibility index (Phi) is 7.52. The summed E-state index contributed by atoms with van der Waals surface area (Å²) < 4.78 is 11.4. The second-order valence-corrected chi connectivity index (χ2v) is 10.5. The van der Waals surface area contributed by atoms with Gasteiger partial charge in [0.2, 0.25) is 5.91 Å². The van der Waals surface area contributed by atoms with Gasteiger partial charge in [0.25, 0.3) is 0 Å². The molecule has 2 aliphatic heterocycles. The van der Waals surface area contributed by atoms with E-state index >= 15 is 0 Å².